The molecule has 0 aliphatic heterocycles. The monoisotopic (exact) mass is 555 g/mol. The number of nitrogens with zero attached hydrogens (tertiary/aromatic N) is 1. The lowest BCUT2D eigenvalue weighted by molar-refractivity contribution is 0.279. The van der Waals surface area contributed by atoms with E-state index in [1.54, 1.807) is 0 Å². The van der Waals surface area contributed by atoms with Crippen molar-refractivity contribution in [2.45, 2.75) is 63.1 Å². The molecular weight excluding hydrogens is 512 g/mol. The van der Waals surface area contributed by atoms with E-state index >= 15 is 0 Å². The Morgan fingerprint density at radius 1 is 1.00 bits per heavy atom. The van der Waals surface area contributed by atoms with Crippen LogP contribution in [0, 0.1) is 0 Å². The summed E-state index contributed by atoms with van der Waals surface area (Å²) >= 11 is 0. The summed E-state index contributed by atoms with van der Waals surface area (Å²) in [7, 11) is -9.44. The number of hydrogen-bond donors (Lipinski definition) is 4. The van der Waals surface area contributed by atoms with Gasteiger partial charge < -0.3 is 24.3 Å². The quantitative estimate of drug-likeness (QED) is 0.171. The predicted molar refractivity (Wildman–Crippen MR) is 145 cm³/mol. The van der Waals surface area contributed by atoms with Gasteiger partial charge in [0.1, 0.15) is 18.3 Å². The minimum Gasteiger partial charge on any atom is -0.497 e. The van der Waals surface area contributed by atoms with E-state index in [-0.39, 0.29) is 6.54 Å². The Kier molecular flexibility index (Phi) is 13.6. The van der Waals surface area contributed by atoms with Gasteiger partial charge >= 0.3 is 15.2 Å². The zero-order valence-corrected chi connectivity index (χ0v) is 26.5. The maximum absolute atomic E-state index is 11.3. The molecule has 0 saturated carbocycles. The Morgan fingerprint density at radius 3 is 2.06 bits per heavy atom. The van der Waals surface area contributed by atoms with Crippen molar-refractivity contribution in [3.8, 4) is 5.75 Å². The van der Waals surface area contributed by atoms with Gasteiger partial charge in [-0.3, -0.25) is 14.0 Å². The molecule has 13 heteroatoms. The first kappa shape index (κ1) is 31.0. The zero-order valence-electron chi connectivity index (χ0n) is 20.5. The highest BCUT2D eigenvalue weighted by molar-refractivity contribution is 7.52. The molecule has 1 unspecified atom stereocenters. The molecule has 0 radical (unpaired) electrons. The molecule has 1 aromatic rings. The van der Waals surface area contributed by atoms with Crippen LogP contribution in [0.15, 0.2) is 24.3 Å². The summed E-state index contributed by atoms with van der Waals surface area (Å²) in [5, 5.41) is 0. The van der Waals surface area contributed by atoms with Gasteiger partial charge in [0.2, 0.25) is 0 Å². The molecule has 8 nitrogen and oxygen atoms in total. The minimum atomic E-state index is -4.41. The van der Waals surface area contributed by atoms with E-state index in [1.807, 2.05) is 24.3 Å². The van der Waals surface area contributed by atoms with E-state index in [0.29, 0.717) is 6.42 Å². The van der Waals surface area contributed by atoms with Crippen LogP contribution in [-0.4, -0.2) is 76.9 Å². The van der Waals surface area contributed by atoms with Gasteiger partial charge in [-0.25, -0.2) is 0 Å². The van der Waals surface area contributed by atoms with E-state index in [1.165, 1.54) is 47.3 Å². The van der Waals surface area contributed by atoms with Crippen LogP contribution in [0.4, 0.5) is 0 Å². The Hall–Kier alpha value is -0.0694. The smallest absolute Gasteiger partial charge is 0.339 e. The Morgan fingerprint density at radius 2 is 1.55 bits per heavy atom. The summed E-state index contributed by atoms with van der Waals surface area (Å²) < 4.78 is 28.6. The second-order valence-corrected chi connectivity index (χ2v) is 22.7. The molecule has 4 N–H and O–H groups in total. The molecule has 1 aromatic carbocycles. The molecular formula is C20H43NO7P2Si3. The van der Waals surface area contributed by atoms with Gasteiger partial charge in [-0.2, -0.15) is 0 Å². The molecule has 1 rings (SSSR count). The molecule has 0 fully saturated rings. The van der Waals surface area contributed by atoms with E-state index in [0.717, 1.165) is 22.4 Å². The van der Waals surface area contributed by atoms with Crippen molar-refractivity contribution in [1.82, 2.24) is 4.90 Å². The normalized spacial score (nSPS) is 14.1. The first-order chi connectivity index (χ1) is 15.2. The second kappa shape index (κ2) is 14.5. The molecule has 0 amide bonds. The maximum Gasteiger partial charge on any atom is 0.339 e. The third-order valence-corrected chi connectivity index (χ3v) is 13.3. The van der Waals surface area contributed by atoms with E-state index in [9.17, 15) is 9.13 Å². The van der Waals surface area contributed by atoms with Gasteiger partial charge in [0.05, 0.1) is 14.3 Å². The molecule has 0 saturated heterocycles. The van der Waals surface area contributed by atoms with Crippen LogP contribution in [-0.2, 0) is 15.6 Å². The van der Waals surface area contributed by atoms with Gasteiger partial charge in [0, 0.05) is 25.6 Å². The van der Waals surface area contributed by atoms with Crippen molar-refractivity contribution in [2.24, 2.45) is 0 Å². The molecule has 0 aromatic heterocycles. The highest BCUT2D eigenvalue weighted by Gasteiger charge is 2.25. The lowest BCUT2D eigenvalue weighted by Crippen LogP contribution is -2.34. The van der Waals surface area contributed by atoms with Crippen molar-refractivity contribution in [1.29, 1.82) is 0 Å². The van der Waals surface area contributed by atoms with Crippen molar-refractivity contribution in [3.05, 3.63) is 29.8 Å². The minimum absolute atomic E-state index is 0.137. The zero-order chi connectivity index (χ0) is 25.1. The summed E-state index contributed by atoms with van der Waals surface area (Å²) in [4.78, 5) is 37.8. The van der Waals surface area contributed by atoms with Crippen molar-refractivity contribution < 1.29 is 33.4 Å². The first-order valence-corrected chi connectivity index (χ1v) is 22.9. The molecule has 1 atom stereocenters. The summed E-state index contributed by atoms with van der Waals surface area (Å²) in [6.45, 7) is 7.39. The Bertz CT molecular complexity index is 762. The standard InChI is InChI=1S/C20H43NO7P2Si3/c1-32(13-4-12-31)14-5-15-33(2,3)18-28-20-8-6-19(7-9-20)10-11-21(16-29(22,23)24)17-30(25,26)27/h6-9,32H,4-5,10-18H2,1-3,31H3,(H2,22,23,24)(H2,25,26,27). The van der Waals surface area contributed by atoms with Crippen LogP contribution >= 0.6 is 15.2 Å². The number of benzene rings is 1. The third kappa shape index (κ3) is 16.3. The van der Waals surface area contributed by atoms with E-state index in [2.05, 4.69) is 19.6 Å². The number of rotatable bonds is 17. The second-order valence-electron chi connectivity index (χ2n) is 9.99. The largest absolute Gasteiger partial charge is 0.497 e. The highest BCUT2D eigenvalue weighted by Crippen LogP contribution is 2.40. The Balaban J connectivity index is 2.50. The van der Waals surface area contributed by atoms with Gasteiger partial charge in [-0.05, 0) is 24.1 Å². The molecule has 0 heterocycles. The first-order valence-electron chi connectivity index (χ1n) is 11.7. The SMILES string of the molecule is C[SiH](CCC[SiH3])CCC[Si](C)(C)COc1ccc(CCN(CP(=O)(O)O)CP(=O)(O)O)cc1. The third-order valence-electron chi connectivity index (χ3n) is 5.64. The number of hydrogen-bond acceptors (Lipinski definition) is 4. The number of ether oxygens (including phenoxy) is 1. The molecule has 0 spiro atoms. The van der Waals surface area contributed by atoms with Crippen LogP contribution in [0.3, 0.4) is 0 Å². The van der Waals surface area contributed by atoms with E-state index in [4.69, 9.17) is 24.3 Å². The average molecular weight is 556 g/mol. The molecule has 0 aliphatic carbocycles. The molecule has 192 valence electrons. The van der Waals surface area contributed by atoms with Crippen LogP contribution in [0.2, 0.25) is 43.8 Å². The van der Waals surface area contributed by atoms with Gasteiger partial charge in [-0.15, -0.1) is 0 Å². The fourth-order valence-electron chi connectivity index (χ4n) is 3.72. The van der Waals surface area contributed by atoms with Crippen LogP contribution in [0.25, 0.3) is 0 Å². The lowest BCUT2D eigenvalue weighted by atomic mass is 10.1. The molecule has 33 heavy (non-hydrogen) atoms. The topological polar surface area (TPSA) is 128 Å². The lowest BCUT2D eigenvalue weighted by Gasteiger charge is -2.24. The predicted octanol–water partition coefficient (Wildman–Crippen LogP) is 2.85. The Labute approximate surface area is 204 Å². The van der Waals surface area contributed by atoms with Crippen molar-refractivity contribution in [2.75, 3.05) is 25.3 Å². The molecule has 0 bridgehead atoms. The fourth-order valence-corrected chi connectivity index (χ4v) is 11.2. The van der Waals surface area contributed by atoms with Gasteiger partial charge in [0.15, 0.2) is 0 Å². The van der Waals surface area contributed by atoms with Crippen LogP contribution in [0.1, 0.15) is 18.4 Å². The average Bonchev–Trinajstić information content (AvgIpc) is 2.67. The van der Waals surface area contributed by atoms with Gasteiger partial charge in [0.25, 0.3) is 0 Å². The van der Waals surface area contributed by atoms with Crippen LogP contribution < -0.4 is 4.74 Å². The highest BCUT2D eigenvalue weighted by atomic mass is 31.2. The van der Waals surface area contributed by atoms with E-state index < -0.39 is 44.6 Å². The van der Waals surface area contributed by atoms with Crippen LogP contribution in [0.5, 0.6) is 5.75 Å². The summed E-state index contributed by atoms with van der Waals surface area (Å²) in [5.41, 5.74) is 0.911. The summed E-state index contributed by atoms with van der Waals surface area (Å²) in [6, 6.07) is 13.2. The summed E-state index contributed by atoms with van der Waals surface area (Å²) in [6.07, 6.45) is 2.60. The van der Waals surface area contributed by atoms with Crippen molar-refractivity contribution in [3.63, 3.8) is 0 Å². The van der Waals surface area contributed by atoms with Gasteiger partial charge in [-0.1, -0.05) is 68.8 Å². The maximum atomic E-state index is 11.3. The van der Waals surface area contributed by atoms with Crippen molar-refractivity contribution >= 4 is 42.3 Å². The molecule has 0 aliphatic rings. The fraction of sp³-hybridized carbons (Fsp3) is 0.700. The summed E-state index contributed by atoms with van der Waals surface area (Å²) in [5.74, 6) is 0.802.